The third-order valence-corrected chi connectivity index (χ3v) is 4.47. The van der Waals surface area contributed by atoms with Crippen LogP contribution in [0.5, 0.6) is 0 Å². The van der Waals surface area contributed by atoms with Gasteiger partial charge in [0.1, 0.15) is 5.60 Å². The van der Waals surface area contributed by atoms with E-state index in [1.54, 1.807) is 20.8 Å². The predicted octanol–water partition coefficient (Wildman–Crippen LogP) is 1.96. The molecule has 1 aliphatic rings. The molecule has 1 amide bonds. The molecule has 11 heteroatoms. The zero-order valence-electron chi connectivity index (χ0n) is 17.0. The summed E-state index contributed by atoms with van der Waals surface area (Å²) in [7, 11) is 0. The number of hydrogen-bond acceptors (Lipinski definition) is 5. The van der Waals surface area contributed by atoms with E-state index in [1.165, 1.54) is 11.0 Å². The van der Waals surface area contributed by atoms with E-state index in [4.69, 9.17) is 21.9 Å². The highest BCUT2D eigenvalue weighted by molar-refractivity contribution is 6.02. The van der Waals surface area contributed by atoms with Crippen LogP contribution in [0.3, 0.4) is 0 Å². The van der Waals surface area contributed by atoms with Gasteiger partial charge >= 0.3 is 12.1 Å². The van der Waals surface area contributed by atoms with Crippen LogP contribution in [-0.4, -0.2) is 36.1 Å². The Morgan fingerprint density at radius 2 is 1.83 bits per heavy atom. The van der Waals surface area contributed by atoms with Gasteiger partial charge in [0.2, 0.25) is 0 Å². The van der Waals surface area contributed by atoms with Gasteiger partial charge in [0.15, 0.2) is 5.96 Å². The fourth-order valence-electron chi connectivity index (χ4n) is 3.22. The van der Waals surface area contributed by atoms with Gasteiger partial charge in [-0.15, -0.1) is 0 Å². The number of anilines is 1. The van der Waals surface area contributed by atoms with E-state index in [1.807, 2.05) is 0 Å². The molecule has 1 aromatic carbocycles. The number of rotatable bonds is 3. The van der Waals surface area contributed by atoms with E-state index in [9.17, 15) is 22.8 Å². The second kappa shape index (κ2) is 8.50. The molecular formula is C19H26F3N5O3. The van der Waals surface area contributed by atoms with E-state index in [-0.39, 0.29) is 30.6 Å². The molecule has 0 spiro atoms. The smallest absolute Gasteiger partial charge is 0.418 e. The Kier molecular flexibility index (Phi) is 6.65. The van der Waals surface area contributed by atoms with Crippen molar-refractivity contribution in [2.45, 2.75) is 51.6 Å². The summed E-state index contributed by atoms with van der Waals surface area (Å²) in [6, 6.07) is 3.05. The first-order valence-corrected chi connectivity index (χ1v) is 9.29. The second-order valence-electron chi connectivity index (χ2n) is 8.09. The second-order valence-corrected chi connectivity index (χ2v) is 8.09. The molecule has 2 atom stereocenters. The van der Waals surface area contributed by atoms with Crippen LogP contribution in [-0.2, 0) is 15.7 Å². The van der Waals surface area contributed by atoms with Crippen LogP contribution in [0.2, 0.25) is 0 Å². The number of nitrogens with zero attached hydrogens (tertiary/aromatic N) is 2. The summed E-state index contributed by atoms with van der Waals surface area (Å²) < 4.78 is 46.4. The monoisotopic (exact) mass is 429 g/mol. The fraction of sp³-hybridized carbons (Fsp3) is 0.526. The lowest BCUT2D eigenvalue weighted by Crippen LogP contribution is -2.50. The molecule has 1 aliphatic heterocycles. The largest absolute Gasteiger partial charge is 0.460 e. The minimum atomic E-state index is -4.74. The molecule has 8 nitrogen and oxygen atoms in total. The summed E-state index contributed by atoms with van der Waals surface area (Å²) in [5.74, 6) is -2.47. The Morgan fingerprint density at radius 1 is 1.20 bits per heavy atom. The van der Waals surface area contributed by atoms with Gasteiger partial charge in [0, 0.05) is 12.1 Å². The Morgan fingerprint density at radius 3 is 2.33 bits per heavy atom. The zero-order valence-corrected chi connectivity index (χ0v) is 17.0. The predicted molar refractivity (Wildman–Crippen MR) is 105 cm³/mol. The maximum absolute atomic E-state index is 13.7. The topological polar surface area (TPSA) is 137 Å². The van der Waals surface area contributed by atoms with Crippen molar-refractivity contribution in [2.24, 2.45) is 28.1 Å². The van der Waals surface area contributed by atoms with E-state index < -0.39 is 47.3 Å². The number of ether oxygens (including phenoxy) is 1. The first-order chi connectivity index (χ1) is 13.7. The lowest BCUT2D eigenvalue weighted by Gasteiger charge is -2.39. The van der Waals surface area contributed by atoms with Gasteiger partial charge in [-0.2, -0.15) is 18.2 Å². The minimum absolute atomic E-state index is 0.120. The molecule has 6 N–H and O–H groups in total. The molecule has 2 unspecified atom stereocenters. The van der Waals surface area contributed by atoms with Crippen LogP contribution in [0.4, 0.5) is 18.9 Å². The summed E-state index contributed by atoms with van der Waals surface area (Å²) in [6.07, 6.45) is -5.16. The van der Waals surface area contributed by atoms with E-state index in [2.05, 4.69) is 4.99 Å². The highest BCUT2D eigenvalue weighted by Crippen LogP contribution is 2.39. The summed E-state index contributed by atoms with van der Waals surface area (Å²) in [6.45, 7) is 5.33. The number of aliphatic imine (C=N–C) groups is 1. The van der Waals surface area contributed by atoms with Crippen LogP contribution >= 0.6 is 0 Å². The molecule has 0 saturated carbocycles. The third kappa shape index (κ3) is 5.85. The van der Waals surface area contributed by atoms with Gasteiger partial charge in [-0.1, -0.05) is 0 Å². The number of alkyl halides is 3. The van der Waals surface area contributed by atoms with E-state index in [0.29, 0.717) is 6.07 Å². The Bertz CT molecular complexity index is 845. The summed E-state index contributed by atoms with van der Waals surface area (Å²) >= 11 is 0. The van der Waals surface area contributed by atoms with Crippen LogP contribution in [0, 0.1) is 5.92 Å². The SMILES string of the molecule is CC(C)(C)OC(=O)C1CCN(c2ccc(C(=O)N=C(N)N)cc2C(F)(F)F)C(N)C1. The molecule has 166 valence electrons. The van der Waals surface area contributed by atoms with Crippen molar-refractivity contribution in [3.63, 3.8) is 0 Å². The number of piperidine rings is 1. The number of carbonyl (C=O) groups excluding carboxylic acids is 2. The number of carbonyl (C=O) groups is 2. The summed E-state index contributed by atoms with van der Waals surface area (Å²) in [5.41, 5.74) is 14.1. The third-order valence-electron chi connectivity index (χ3n) is 4.47. The van der Waals surface area contributed by atoms with Gasteiger partial charge in [0.25, 0.3) is 5.91 Å². The van der Waals surface area contributed by atoms with Crippen LogP contribution in [0.15, 0.2) is 23.2 Å². The average Bonchev–Trinajstić information content (AvgIpc) is 2.58. The normalized spacial score (nSPS) is 19.9. The zero-order chi connectivity index (χ0) is 22.9. The van der Waals surface area contributed by atoms with Gasteiger partial charge in [0.05, 0.1) is 23.3 Å². The highest BCUT2D eigenvalue weighted by atomic mass is 19.4. The standard InChI is InChI=1S/C19H26F3N5O3/c1-18(2,3)30-16(29)11-6-7-27(14(23)9-11)13-5-4-10(15(28)26-17(24)25)8-12(13)19(20,21)22/h4-5,8,11,14H,6-7,9,23H2,1-3H3,(H4,24,25,26,28). The van der Waals surface area contributed by atoms with Gasteiger partial charge in [-0.25, -0.2) is 0 Å². The number of hydrogen-bond donors (Lipinski definition) is 3. The Labute approximate surface area is 172 Å². The molecule has 0 bridgehead atoms. The average molecular weight is 429 g/mol. The minimum Gasteiger partial charge on any atom is -0.460 e. The molecule has 1 saturated heterocycles. The number of benzene rings is 1. The van der Waals surface area contributed by atoms with Crippen LogP contribution < -0.4 is 22.1 Å². The fourth-order valence-corrected chi connectivity index (χ4v) is 3.22. The molecule has 1 aromatic rings. The molecule has 0 aliphatic carbocycles. The van der Waals surface area contributed by atoms with Crippen molar-refractivity contribution in [3.8, 4) is 0 Å². The lowest BCUT2D eigenvalue weighted by molar-refractivity contribution is -0.161. The van der Waals surface area contributed by atoms with Crippen molar-refractivity contribution in [1.82, 2.24) is 0 Å². The molecule has 30 heavy (non-hydrogen) atoms. The highest BCUT2D eigenvalue weighted by Gasteiger charge is 2.39. The van der Waals surface area contributed by atoms with E-state index in [0.717, 1.165) is 6.07 Å². The number of amides is 1. The van der Waals surface area contributed by atoms with Gasteiger partial charge in [-0.05, 0) is 51.8 Å². The number of guanidine groups is 1. The van der Waals surface area contributed by atoms with Crippen molar-refractivity contribution in [2.75, 3.05) is 11.4 Å². The molecule has 1 fully saturated rings. The Balaban J connectivity index is 2.30. The number of halogens is 3. The quantitative estimate of drug-likeness (QED) is 0.379. The van der Waals surface area contributed by atoms with E-state index >= 15 is 0 Å². The molecule has 0 aromatic heterocycles. The van der Waals surface area contributed by atoms with Crippen molar-refractivity contribution in [1.29, 1.82) is 0 Å². The number of nitrogens with two attached hydrogens (primary N) is 3. The molecule has 1 heterocycles. The van der Waals surface area contributed by atoms with Crippen molar-refractivity contribution in [3.05, 3.63) is 29.3 Å². The van der Waals surface area contributed by atoms with Gasteiger partial charge in [-0.3, -0.25) is 9.59 Å². The van der Waals surface area contributed by atoms with Crippen molar-refractivity contribution >= 4 is 23.5 Å². The Hall–Kier alpha value is -2.82. The summed E-state index contributed by atoms with van der Waals surface area (Å²) in [4.78, 5) is 28.8. The first-order valence-electron chi connectivity index (χ1n) is 9.29. The first kappa shape index (κ1) is 23.5. The molecule has 2 rings (SSSR count). The van der Waals surface area contributed by atoms with Gasteiger partial charge < -0.3 is 26.8 Å². The van der Waals surface area contributed by atoms with Crippen molar-refractivity contribution < 1.29 is 27.5 Å². The lowest BCUT2D eigenvalue weighted by atomic mass is 9.93. The maximum atomic E-state index is 13.7. The van der Waals surface area contributed by atoms with Crippen LogP contribution in [0.25, 0.3) is 0 Å². The molecular weight excluding hydrogens is 403 g/mol. The number of esters is 1. The maximum Gasteiger partial charge on any atom is 0.418 e. The molecule has 0 radical (unpaired) electrons. The summed E-state index contributed by atoms with van der Waals surface area (Å²) in [5, 5.41) is 0. The van der Waals surface area contributed by atoms with Crippen LogP contribution in [0.1, 0.15) is 49.5 Å².